The van der Waals surface area contributed by atoms with E-state index in [4.69, 9.17) is 4.74 Å². The number of anilines is 1. The zero-order chi connectivity index (χ0) is 76.0. The Balaban J connectivity index is 0.974. The lowest BCUT2D eigenvalue weighted by Crippen LogP contribution is -2.33. The second-order valence-electron chi connectivity index (χ2n) is 23.7. The minimum absolute atomic E-state index is 0.0345. The summed E-state index contributed by atoms with van der Waals surface area (Å²) in [5.41, 5.74) is -0.916. The number of ether oxygens (including phenoxy) is 1. The number of benzene rings is 2. The number of aliphatic hydroxyl groups excluding tert-OH is 1. The van der Waals surface area contributed by atoms with Crippen LogP contribution in [0.25, 0.3) is 0 Å². The summed E-state index contributed by atoms with van der Waals surface area (Å²) in [7, 11) is -55.9. The minimum atomic E-state index is -6.59. The van der Waals surface area contributed by atoms with Crippen LogP contribution in [0.1, 0.15) is 121 Å². The van der Waals surface area contributed by atoms with E-state index in [-0.39, 0.29) is 76.1 Å². The van der Waals surface area contributed by atoms with Crippen LogP contribution in [0.15, 0.2) is 85.9 Å². The number of phosphoric acid groups is 6. The van der Waals surface area contributed by atoms with E-state index in [0.29, 0.717) is 66.0 Å². The molecule has 13 N–H and O–H groups in total. The molecule has 51 heteroatoms. The van der Waals surface area contributed by atoms with Crippen LogP contribution in [0, 0.1) is 6.92 Å². The fourth-order valence-electron chi connectivity index (χ4n) is 11.1. The van der Waals surface area contributed by atoms with Gasteiger partial charge in [-0.15, -0.1) is 0 Å². The molecule has 0 bridgehead atoms. The monoisotopic (exact) mass is 1640 g/mol. The quantitative estimate of drug-likeness (QED) is 0.0151. The van der Waals surface area contributed by atoms with Gasteiger partial charge in [-0.1, -0.05) is 31.8 Å². The Morgan fingerprint density at radius 3 is 1.81 bits per heavy atom. The number of nitrogens with one attached hydrogen (secondary N) is 2. The molecule has 7 unspecified atom stereocenters. The summed E-state index contributed by atoms with van der Waals surface area (Å²) in [6.07, 6.45) is 3.37. The average Bonchev–Trinajstić information content (AvgIpc) is 1.59. The van der Waals surface area contributed by atoms with E-state index in [1.165, 1.54) is 37.3 Å². The molecule has 1 amide bonds. The van der Waals surface area contributed by atoms with Gasteiger partial charge in [-0.05, 0) is 102 Å². The molecule has 1 aromatic heterocycles. The van der Waals surface area contributed by atoms with Gasteiger partial charge < -0.3 is 49.4 Å². The number of aliphatic hydroxyl groups is 1. The van der Waals surface area contributed by atoms with Gasteiger partial charge in [0.1, 0.15) is 23.8 Å². The maximum atomic E-state index is 12.9. The van der Waals surface area contributed by atoms with Crippen molar-refractivity contribution in [3.63, 3.8) is 0 Å². The first-order valence-electron chi connectivity index (χ1n) is 29.8. The number of rotatable bonds is 40. The highest BCUT2D eigenvalue weighted by Crippen LogP contribution is 2.75. The first-order valence-corrected chi connectivity index (χ1v) is 44.9. The number of hydrogen-bond acceptors (Lipinski definition) is 27. The molecule has 6 rings (SSSR count). The lowest BCUT2D eigenvalue weighted by Gasteiger charge is -2.30. The number of aryl methyl sites for hydroxylation is 1. The van der Waals surface area contributed by atoms with Crippen LogP contribution in [0.4, 0.5) is 11.4 Å². The Hall–Kier alpha value is -4.04. The number of aromatic amines is 1. The highest BCUT2D eigenvalue weighted by Gasteiger charge is 2.51. The number of hydrogen-bond donors (Lipinski definition) is 13. The largest absolute Gasteiger partial charge is 0.490 e. The average molecular weight is 1640 g/mol. The van der Waals surface area contributed by atoms with E-state index in [0.717, 1.165) is 16.8 Å². The summed E-state index contributed by atoms with van der Waals surface area (Å²) < 4.78 is 246. The van der Waals surface area contributed by atoms with Crippen molar-refractivity contribution in [2.75, 3.05) is 49.3 Å². The molecule has 101 heavy (non-hydrogen) atoms. The molecule has 1 fully saturated rings. The van der Waals surface area contributed by atoms with Crippen LogP contribution < -0.4 is 21.5 Å². The number of aromatic nitrogens is 2. The van der Waals surface area contributed by atoms with Crippen molar-refractivity contribution < 1.29 is 158 Å². The van der Waals surface area contributed by atoms with Crippen molar-refractivity contribution in [2.45, 2.75) is 144 Å². The van der Waals surface area contributed by atoms with E-state index in [9.17, 15) is 128 Å². The molecule has 41 nitrogen and oxygen atoms in total. The Morgan fingerprint density at radius 1 is 0.693 bits per heavy atom. The number of fused-ring (bicyclic) bond motifs is 2. The van der Waals surface area contributed by atoms with E-state index < -0.39 is 162 Å². The summed E-state index contributed by atoms with van der Waals surface area (Å²) >= 11 is 0. The van der Waals surface area contributed by atoms with Crippen LogP contribution in [-0.2, 0) is 119 Å². The van der Waals surface area contributed by atoms with E-state index >= 15 is 0 Å². The van der Waals surface area contributed by atoms with Crippen molar-refractivity contribution in [3.8, 4) is 0 Å². The van der Waals surface area contributed by atoms with E-state index in [1.54, 1.807) is 48.5 Å². The fraction of sp³-hybridized carbons (Fsp3) is 0.560. The molecule has 10 atom stereocenters. The van der Waals surface area contributed by atoms with E-state index in [1.807, 2.05) is 4.98 Å². The number of nitrogens with zero attached hydrogens (tertiary/aromatic N) is 3. The zero-order valence-electron chi connectivity index (χ0n) is 53.7. The maximum Gasteiger partial charge on any atom is 0.490 e. The van der Waals surface area contributed by atoms with Crippen LogP contribution in [0.5, 0.6) is 0 Å². The summed E-state index contributed by atoms with van der Waals surface area (Å²) in [6.45, 7) is 4.95. The number of carbonyl (C=O) groups excluding carboxylic acids is 1. The van der Waals surface area contributed by atoms with Gasteiger partial charge in [0, 0.05) is 78.6 Å². The second-order valence-corrected chi connectivity index (χ2v) is 39.1. The van der Waals surface area contributed by atoms with E-state index in [2.05, 4.69) is 35.9 Å². The number of unbranched alkanes of at least 4 members (excludes halogenated alkanes) is 5. The predicted molar refractivity (Wildman–Crippen MR) is 351 cm³/mol. The third kappa shape index (κ3) is 25.3. The third-order valence-corrected chi connectivity index (χ3v) is 28.1. The lowest BCUT2D eigenvalue weighted by molar-refractivity contribution is -0.437. The normalized spacial score (nSPS) is 22.8. The third-order valence-electron chi connectivity index (χ3n) is 15.6. The van der Waals surface area contributed by atoms with Gasteiger partial charge in [0.25, 0.3) is 46.0 Å². The summed E-state index contributed by atoms with van der Waals surface area (Å²) in [6, 6.07) is 7.79. The smallest absolute Gasteiger partial charge is 0.390 e. The summed E-state index contributed by atoms with van der Waals surface area (Å²) in [5, 5.41) is 13.1. The van der Waals surface area contributed by atoms with Crippen molar-refractivity contribution >= 4 is 110 Å². The molecule has 0 saturated carbocycles. The molecule has 0 aliphatic carbocycles. The number of H-pyrrole nitrogens is 1. The van der Waals surface area contributed by atoms with Gasteiger partial charge in [0.2, 0.25) is 11.6 Å². The summed E-state index contributed by atoms with van der Waals surface area (Å²) in [5.74, 6) is -1.67. The van der Waals surface area contributed by atoms with Gasteiger partial charge >= 0.3 is 52.6 Å². The van der Waals surface area contributed by atoms with Crippen molar-refractivity contribution in [1.82, 2.24) is 14.9 Å². The van der Waals surface area contributed by atoms with Crippen LogP contribution in [0.3, 0.4) is 0 Å². The first-order chi connectivity index (χ1) is 46.1. The SMILES string of the molecule is Cc1cn([C@H]2C[C@H](O)[C@@H](COP(=O)(O)OP(=O)(O)OP(=O)(O)OP(=O)(O)OP(=O)(O)OP(=O)(O)OCCCCCCNC(=O)CCCCCC3(C)C(=CC=CC4=[N+](CCCS(=O)(=O)O)c5cc(S(=O)(=O)O)ccc5C4(C)C)N(CCCS(=O)(=O)O)c4ccc(S(=O)(=O)O)cc43)O2)c(=O)[nH]c1=O. The Labute approximate surface area is 577 Å². The standard InChI is InChI=1S/C50H75N5O36P6S4/c1-34-32-55(48(59)52-47(34)58)46-31-41(56)42(86-46)33-85-93(62,63)88-95(66,67)90-97(70,71)91-96(68,69)89-94(64,65)87-92(60,61)84-26-11-6-5-10-23-51-45(57)17-8-7-9-22-50(4)38-29-35(100(78,79)80)19-21-39(38)53(24-13-27-98(72,73)74)44(50)16-12-15-43-49(2,3)37-20-18-36(101(81,82)83)30-40(37)54(43)25-14-28-99(75,76)77/h12,15-16,18-21,29-30,32,41-42,46,56H,5-11,13-14,17,22-28,31,33H2,1-4H3,(H11-,51,52,57,58,59,60,61,62,63,64,65,66,67,68,69,70,71,72,73,74,75,76,77,78,79,80,81,82,83)/p+1/t41-,42+,46+,50?/m0/s1. The molecule has 3 aliphatic heterocycles. The van der Waals surface area contributed by atoms with Crippen molar-refractivity contribution in [2.24, 2.45) is 0 Å². The zero-order valence-corrected chi connectivity index (χ0v) is 62.4. The molecule has 3 aliphatic rings. The Morgan fingerprint density at radius 2 is 1.23 bits per heavy atom. The topological polar surface area (TPSA) is 626 Å². The number of allylic oxidation sites excluding steroid dienone is 4. The van der Waals surface area contributed by atoms with Crippen molar-refractivity contribution in [1.29, 1.82) is 0 Å². The molecule has 0 spiro atoms. The molecular formula is C50H76N5O36P6S4+. The Kier molecular flexibility index (Phi) is 28.4. The molecule has 4 heterocycles. The first kappa shape index (κ1) is 85.9. The van der Waals surface area contributed by atoms with Gasteiger partial charge in [-0.2, -0.15) is 59.8 Å². The molecular weight excluding hydrogens is 1560 g/mol. The van der Waals surface area contributed by atoms with Gasteiger partial charge in [-0.25, -0.2) is 32.2 Å². The number of phosphoric ester groups is 2. The second kappa shape index (κ2) is 33.4. The number of amides is 1. The minimum Gasteiger partial charge on any atom is -0.390 e. The van der Waals surface area contributed by atoms with Crippen LogP contribution in [-0.4, -0.2) is 169 Å². The fourth-order valence-corrected chi connectivity index (χ4v) is 20.9. The molecule has 3 aromatic rings. The van der Waals surface area contributed by atoms with Crippen LogP contribution >= 0.6 is 46.9 Å². The van der Waals surface area contributed by atoms with Crippen LogP contribution in [0.2, 0.25) is 0 Å². The number of carbonyl (C=O) groups is 1. The highest BCUT2D eigenvalue weighted by molar-refractivity contribution is 7.86. The van der Waals surface area contributed by atoms with Crippen molar-refractivity contribution in [3.05, 3.63) is 104 Å². The summed E-state index contributed by atoms with van der Waals surface area (Å²) in [4.78, 5) is 99.0. The molecule has 2 aromatic carbocycles. The maximum absolute atomic E-state index is 12.9. The Bertz CT molecular complexity index is 4620. The molecule has 1 saturated heterocycles. The highest BCUT2D eigenvalue weighted by atomic mass is 32.2. The molecule has 570 valence electrons. The lowest BCUT2D eigenvalue weighted by atomic mass is 9.77. The van der Waals surface area contributed by atoms with Gasteiger partial charge in [0.05, 0.1) is 41.1 Å². The molecule has 0 radical (unpaired) electrons. The van der Waals surface area contributed by atoms with Gasteiger partial charge in [-0.3, -0.25) is 46.4 Å². The predicted octanol–water partition coefficient (Wildman–Crippen LogP) is 5.18. The van der Waals surface area contributed by atoms with Gasteiger partial charge in [0.15, 0.2) is 5.71 Å².